The summed E-state index contributed by atoms with van der Waals surface area (Å²) in [4.78, 5) is 27.7. The third kappa shape index (κ3) is 3.24. The number of aromatic nitrogens is 1. The van der Waals surface area contributed by atoms with Gasteiger partial charge in [-0.25, -0.2) is 0 Å². The first-order chi connectivity index (χ1) is 11.6. The lowest BCUT2D eigenvalue weighted by molar-refractivity contribution is -0.384. The van der Waals surface area contributed by atoms with Crippen molar-refractivity contribution in [3.63, 3.8) is 0 Å². The number of nitro groups is 1. The Morgan fingerprint density at radius 2 is 2.17 bits per heavy atom. The molecule has 1 saturated carbocycles. The topological polar surface area (TPSA) is 77.5 Å². The lowest BCUT2D eigenvalue weighted by Crippen LogP contribution is -2.21. The Morgan fingerprint density at radius 3 is 2.83 bits per heavy atom. The number of carbonyl (C=O) groups excluding carboxylic acids is 1. The van der Waals surface area contributed by atoms with Gasteiger partial charge in [0.1, 0.15) is 0 Å². The van der Waals surface area contributed by atoms with Crippen LogP contribution in [0.5, 0.6) is 0 Å². The van der Waals surface area contributed by atoms with Gasteiger partial charge in [0.25, 0.3) is 11.6 Å². The SMILES string of the molecule is C#CCn1c(=NC(=O)C2CCCCC2)sc2cc([N+](=O)[O-])ccc21. The third-order valence-corrected chi connectivity index (χ3v) is 5.33. The van der Waals surface area contributed by atoms with Gasteiger partial charge in [0, 0.05) is 18.1 Å². The number of carbonyl (C=O) groups is 1. The zero-order chi connectivity index (χ0) is 17.1. The van der Waals surface area contributed by atoms with Gasteiger partial charge in [-0.2, -0.15) is 4.99 Å². The van der Waals surface area contributed by atoms with Crippen LogP contribution in [-0.4, -0.2) is 15.4 Å². The molecule has 124 valence electrons. The maximum absolute atomic E-state index is 12.4. The number of amides is 1. The quantitative estimate of drug-likeness (QED) is 0.487. The fourth-order valence-electron chi connectivity index (χ4n) is 3.04. The standard InChI is InChI=1S/C17H17N3O3S/c1-2-10-19-14-9-8-13(20(22)23)11-15(14)24-17(19)18-16(21)12-6-4-3-5-7-12/h1,8-9,11-12H,3-7,10H2. The smallest absolute Gasteiger partial charge is 0.270 e. The highest BCUT2D eigenvalue weighted by Crippen LogP contribution is 2.26. The second-order valence-electron chi connectivity index (χ2n) is 5.87. The first-order valence-electron chi connectivity index (χ1n) is 7.90. The molecule has 0 radical (unpaired) electrons. The first-order valence-corrected chi connectivity index (χ1v) is 8.71. The monoisotopic (exact) mass is 343 g/mol. The van der Waals surface area contributed by atoms with Crippen LogP contribution in [0.15, 0.2) is 23.2 Å². The molecule has 1 fully saturated rings. The molecule has 1 amide bonds. The van der Waals surface area contributed by atoms with Crippen LogP contribution in [0.4, 0.5) is 5.69 Å². The predicted octanol–water partition coefficient (Wildman–Crippen LogP) is 3.25. The van der Waals surface area contributed by atoms with Gasteiger partial charge in [0.2, 0.25) is 0 Å². The lowest BCUT2D eigenvalue weighted by atomic mass is 9.89. The van der Waals surface area contributed by atoms with Gasteiger partial charge >= 0.3 is 0 Å². The van der Waals surface area contributed by atoms with Gasteiger partial charge in [-0.05, 0) is 18.9 Å². The minimum absolute atomic E-state index is 0.0155. The predicted molar refractivity (Wildman–Crippen MR) is 92.4 cm³/mol. The Balaban J connectivity index is 2.06. The summed E-state index contributed by atoms with van der Waals surface area (Å²) in [5.74, 6) is 2.43. The van der Waals surface area contributed by atoms with Crippen LogP contribution in [0.1, 0.15) is 32.1 Å². The second-order valence-corrected chi connectivity index (χ2v) is 6.88. The van der Waals surface area contributed by atoms with Crippen molar-refractivity contribution in [3.8, 4) is 12.3 Å². The fourth-order valence-corrected chi connectivity index (χ4v) is 4.11. The molecule has 0 N–H and O–H groups in total. The summed E-state index contributed by atoms with van der Waals surface area (Å²) in [6, 6.07) is 4.59. The number of non-ortho nitro benzene ring substituents is 1. The maximum Gasteiger partial charge on any atom is 0.270 e. The average Bonchev–Trinajstić information content (AvgIpc) is 2.92. The van der Waals surface area contributed by atoms with Gasteiger partial charge in [0.05, 0.1) is 21.7 Å². The van der Waals surface area contributed by atoms with Crippen LogP contribution in [0, 0.1) is 28.4 Å². The van der Waals surface area contributed by atoms with Gasteiger partial charge < -0.3 is 4.57 Å². The van der Waals surface area contributed by atoms with Crippen molar-refractivity contribution in [2.24, 2.45) is 10.9 Å². The molecule has 0 aliphatic heterocycles. The number of rotatable bonds is 3. The van der Waals surface area contributed by atoms with Crippen molar-refractivity contribution in [3.05, 3.63) is 33.1 Å². The van der Waals surface area contributed by atoms with Crippen LogP contribution < -0.4 is 4.80 Å². The van der Waals surface area contributed by atoms with Crippen molar-refractivity contribution >= 4 is 33.1 Å². The number of hydrogen-bond donors (Lipinski definition) is 0. The van der Waals surface area contributed by atoms with E-state index in [1.54, 1.807) is 10.6 Å². The molecule has 24 heavy (non-hydrogen) atoms. The Labute approximate surface area is 143 Å². The molecular formula is C17H17N3O3S. The summed E-state index contributed by atoms with van der Waals surface area (Å²) in [6.45, 7) is 0.272. The van der Waals surface area contributed by atoms with E-state index in [9.17, 15) is 14.9 Å². The third-order valence-electron chi connectivity index (χ3n) is 4.29. The van der Waals surface area contributed by atoms with E-state index in [0.717, 1.165) is 31.2 Å². The summed E-state index contributed by atoms with van der Waals surface area (Å²) >= 11 is 1.26. The van der Waals surface area contributed by atoms with E-state index in [1.165, 1.54) is 29.9 Å². The Hall–Kier alpha value is -2.46. The van der Waals surface area contributed by atoms with Crippen molar-refractivity contribution in [1.29, 1.82) is 0 Å². The molecule has 1 aromatic carbocycles. The maximum atomic E-state index is 12.4. The number of thiazole rings is 1. The van der Waals surface area contributed by atoms with Crippen LogP contribution in [0.3, 0.4) is 0 Å². The van der Waals surface area contributed by atoms with Crippen molar-refractivity contribution in [2.45, 2.75) is 38.6 Å². The summed E-state index contributed by atoms with van der Waals surface area (Å²) in [5.41, 5.74) is 0.778. The van der Waals surface area contributed by atoms with E-state index in [0.29, 0.717) is 9.50 Å². The van der Waals surface area contributed by atoms with Crippen LogP contribution in [0.25, 0.3) is 10.2 Å². The molecule has 0 spiro atoms. The molecular weight excluding hydrogens is 326 g/mol. The summed E-state index contributed by atoms with van der Waals surface area (Å²) in [7, 11) is 0. The lowest BCUT2D eigenvalue weighted by Gasteiger charge is -2.17. The molecule has 0 bridgehead atoms. The fraction of sp³-hybridized carbons (Fsp3) is 0.412. The largest absolute Gasteiger partial charge is 0.305 e. The molecule has 1 heterocycles. The molecule has 0 atom stereocenters. The molecule has 0 unspecified atom stereocenters. The van der Waals surface area contributed by atoms with Crippen LogP contribution in [0.2, 0.25) is 0 Å². The Morgan fingerprint density at radius 1 is 1.42 bits per heavy atom. The average molecular weight is 343 g/mol. The second kappa shape index (κ2) is 6.97. The minimum Gasteiger partial charge on any atom is -0.305 e. The number of nitro benzene ring substituents is 1. The van der Waals surface area contributed by atoms with Gasteiger partial charge in [-0.3, -0.25) is 14.9 Å². The van der Waals surface area contributed by atoms with Crippen LogP contribution in [-0.2, 0) is 11.3 Å². The molecule has 1 aliphatic rings. The molecule has 0 saturated heterocycles. The van der Waals surface area contributed by atoms with E-state index in [1.807, 2.05) is 0 Å². The molecule has 1 aromatic heterocycles. The summed E-state index contributed by atoms with van der Waals surface area (Å²) < 4.78 is 2.47. The Bertz CT molecular complexity index is 898. The minimum atomic E-state index is -0.436. The van der Waals surface area contributed by atoms with Gasteiger partial charge in [-0.15, -0.1) is 6.42 Å². The molecule has 7 heteroatoms. The number of benzene rings is 1. The van der Waals surface area contributed by atoms with E-state index in [2.05, 4.69) is 10.9 Å². The first kappa shape index (κ1) is 16.4. The van der Waals surface area contributed by atoms with Crippen molar-refractivity contribution < 1.29 is 9.72 Å². The highest BCUT2D eigenvalue weighted by molar-refractivity contribution is 7.16. The normalized spacial score (nSPS) is 16.2. The van der Waals surface area contributed by atoms with E-state index < -0.39 is 4.92 Å². The zero-order valence-corrected chi connectivity index (χ0v) is 13.9. The summed E-state index contributed by atoms with van der Waals surface area (Å²) in [5, 5.41) is 10.9. The van der Waals surface area contributed by atoms with E-state index in [4.69, 9.17) is 6.42 Å². The number of terminal acetylenes is 1. The van der Waals surface area contributed by atoms with Gasteiger partial charge in [0.15, 0.2) is 4.80 Å². The molecule has 6 nitrogen and oxygen atoms in total. The number of nitrogens with zero attached hydrogens (tertiary/aromatic N) is 3. The summed E-state index contributed by atoms with van der Waals surface area (Å²) in [6.07, 6.45) is 10.5. The highest BCUT2D eigenvalue weighted by Gasteiger charge is 2.21. The van der Waals surface area contributed by atoms with Crippen molar-refractivity contribution in [2.75, 3.05) is 0 Å². The number of hydrogen-bond acceptors (Lipinski definition) is 4. The van der Waals surface area contributed by atoms with Gasteiger partial charge in [-0.1, -0.05) is 36.5 Å². The molecule has 1 aliphatic carbocycles. The van der Waals surface area contributed by atoms with Crippen LogP contribution >= 0.6 is 11.3 Å². The molecule has 2 aromatic rings. The zero-order valence-electron chi connectivity index (χ0n) is 13.1. The number of fused-ring (bicyclic) bond motifs is 1. The Kier molecular flexibility index (Phi) is 4.76. The van der Waals surface area contributed by atoms with E-state index >= 15 is 0 Å². The van der Waals surface area contributed by atoms with E-state index in [-0.39, 0.29) is 24.1 Å². The van der Waals surface area contributed by atoms with Crippen molar-refractivity contribution in [1.82, 2.24) is 4.57 Å². The highest BCUT2D eigenvalue weighted by atomic mass is 32.1. The molecule has 3 rings (SSSR count).